The van der Waals surface area contributed by atoms with Crippen molar-refractivity contribution in [3.05, 3.63) is 59.7 Å². The molecule has 1 amide bonds. The molecular weight excluding hydrogens is 350 g/mol. The van der Waals surface area contributed by atoms with Gasteiger partial charge in [-0.05, 0) is 43.3 Å². The maximum Gasteiger partial charge on any atom is 0.253 e. The highest BCUT2D eigenvalue weighted by Gasteiger charge is 2.21. The molecule has 1 N–H and O–H groups in total. The number of nitrogens with one attached hydrogen (secondary N) is 1. The number of rotatable bonds is 3. The van der Waals surface area contributed by atoms with Crippen molar-refractivity contribution < 1.29 is 18.3 Å². The van der Waals surface area contributed by atoms with Crippen LogP contribution in [0.15, 0.2) is 42.5 Å². The van der Waals surface area contributed by atoms with Crippen molar-refractivity contribution in [2.24, 2.45) is 0 Å². The molecule has 1 atom stereocenters. The average Bonchev–Trinajstić information content (AvgIpc) is 2.58. The van der Waals surface area contributed by atoms with E-state index in [2.05, 4.69) is 5.32 Å². The maximum atomic E-state index is 13.2. The van der Waals surface area contributed by atoms with E-state index in [4.69, 9.17) is 4.74 Å². The zero-order valence-electron chi connectivity index (χ0n) is 13.7. The Morgan fingerprint density at radius 2 is 1.80 bits per heavy atom. The summed E-state index contributed by atoms with van der Waals surface area (Å²) in [5.74, 6) is -1.27. The van der Waals surface area contributed by atoms with Crippen LogP contribution in [0.2, 0.25) is 0 Å². The Kier molecular flexibility index (Phi) is 6.33. The van der Waals surface area contributed by atoms with Crippen molar-refractivity contribution in [1.82, 2.24) is 10.2 Å². The van der Waals surface area contributed by atoms with Gasteiger partial charge in [0.1, 0.15) is 11.5 Å². The highest BCUT2D eigenvalue weighted by molar-refractivity contribution is 5.94. The molecule has 4 nitrogen and oxygen atoms in total. The Hall–Kier alpha value is -2.18. The topological polar surface area (TPSA) is 41.6 Å². The van der Waals surface area contributed by atoms with E-state index in [1.807, 2.05) is 11.8 Å². The van der Waals surface area contributed by atoms with Gasteiger partial charge in [0.05, 0.1) is 0 Å². The second-order valence-electron chi connectivity index (χ2n) is 5.81. The highest BCUT2D eigenvalue weighted by atomic mass is 35.5. The van der Waals surface area contributed by atoms with Gasteiger partial charge in [0, 0.05) is 37.3 Å². The summed E-state index contributed by atoms with van der Waals surface area (Å²) in [7, 11) is 0. The van der Waals surface area contributed by atoms with E-state index < -0.39 is 11.6 Å². The molecule has 1 aliphatic heterocycles. The summed E-state index contributed by atoms with van der Waals surface area (Å²) in [5, 5.41) is 3.29. The molecule has 0 radical (unpaired) electrons. The van der Waals surface area contributed by atoms with Crippen LogP contribution in [0.5, 0.6) is 11.5 Å². The van der Waals surface area contributed by atoms with Gasteiger partial charge in [-0.1, -0.05) is 0 Å². The summed E-state index contributed by atoms with van der Waals surface area (Å²) in [6, 6.07) is 10.2. The number of amides is 1. The summed E-state index contributed by atoms with van der Waals surface area (Å²) < 4.78 is 31.6. The third-order valence-electron chi connectivity index (χ3n) is 3.88. The third-order valence-corrected chi connectivity index (χ3v) is 3.88. The summed E-state index contributed by atoms with van der Waals surface area (Å²) in [5.41, 5.74) is 0.571. The fourth-order valence-electron chi connectivity index (χ4n) is 2.64. The first kappa shape index (κ1) is 19.1. The number of benzene rings is 2. The largest absolute Gasteiger partial charge is 0.457 e. The van der Waals surface area contributed by atoms with Crippen LogP contribution in [0.3, 0.4) is 0 Å². The van der Waals surface area contributed by atoms with Gasteiger partial charge in [-0.3, -0.25) is 4.79 Å². The van der Waals surface area contributed by atoms with Crippen LogP contribution in [0.4, 0.5) is 8.78 Å². The summed E-state index contributed by atoms with van der Waals surface area (Å²) in [6.07, 6.45) is 0. The first-order chi connectivity index (χ1) is 11.5. The number of carbonyl (C=O) groups excluding carboxylic acids is 1. The first-order valence-electron chi connectivity index (χ1n) is 7.78. The lowest BCUT2D eigenvalue weighted by molar-refractivity contribution is 0.0709. The number of piperazine rings is 1. The number of carbonyl (C=O) groups is 1. The molecule has 134 valence electrons. The van der Waals surface area contributed by atoms with Crippen molar-refractivity contribution in [2.45, 2.75) is 13.0 Å². The summed E-state index contributed by atoms with van der Waals surface area (Å²) >= 11 is 0. The van der Waals surface area contributed by atoms with Gasteiger partial charge in [-0.2, -0.15) is 0 Å². The SMILES string of the molecule is CC1CN(C(=O)c2ccc(Oc3ccc(F)c(F)c3)cc2)CCN1.Cl. The smallest absolute Gasteiger partial charge is 0.253 e. The minimum atomic E-state index is -0.966. The van der Waals surface area contributed by atoms with E-state index in [-0.39, 0.29) is 30.1 Å². The molecule has 3 rings (SSSR count). The van der Waals surface area contributed by atoms with E-state index >= 15 is 0 Å². The fraction of sp³-hybridized carbons (Fsp3) is 0.278. The standard InChI is InChI=1S/C18H18F2N2O2.ClH/c1-12-11-22(9-8-21-12)18(23)13-2-4-14(5-3-13)24-15-6-7-16(19)17(20)10-15;/h2-7,10,12,21H,8-9,11H2,1H3;1H. The van der Waals surface area contributed by atoms with Crippen molar-refractivity contribution in [2.75, 3.05) is 19.6 Å². The summed E-state index contributed by atoms with van der Waals surface area (Å²) in [4.78, 5) is 14.3. The highest BCUT2D eigenvalue weighted by Crippen LogP contribution is 2.23. The van der Waals surface area contributed by atoms with Gasteiger partial charge in [0.15, 0.2) is 11.6 Å². The summed E-state index contributed by atoms with van der Waals surface area (Å²) in [6.45, 7) is 4.17. The number of hydrogen-bond acceptors (Lipinski definition) is 3. The van der Waals surface area contributed by atoms with Gasteiger partial charge in [-0.25, -0.2) is 8.78 Å². The Bertz CT molecular complexity index is 740. The van der Waals surface area contributed by atoms with Gasteiger partial charge >= 0.3 is 0 Å². The molecule has 2 aromatic carbocycles. The molecule has 1 aliphatic rings. The van der Waals surface area contributed by atoms with Crippen LogP contribution >= 0.6 is 12.4 Å². The molecule has 0 aromatic heterocycles. The number of nitrogens with zero attached hydrogens (tertiary/aromatic N) is 1. The fourth-order valence-corrected chi connectivity index (χ4v) is 2.64. The zero-order chi connectivity index (χ0) is 17.1. The van der Waals surface area contributed by atoms with E-state index in [0.717, 1.165) is 18.7 Å². The average molecular weight is 369 g/mol. The monoisotopic (exact) mass is 368 g/mol. The molecule has 1 heterocycles. The van der Waals surface area contributed by atoms with Crippen LogP contribution in [0, 0.1) is 11.6 Å². The van der Waals surface area contributed by atoms with Gasteiger partial charge in [-0.15, -0.1) is 12.4 Å². The molecule has 2 aromatic rings. The first-order valence-corrected chi connectivity index (χ1v) is 7.78. The van der Waals surface area contributed by atoms with Crippen LogP contribution < -0.4 is 10.1 Å². The predicted octanol–water partition coefficient (Wildman–Crippen LogP) is 3.61. The van der Waals surface area contributed by atoms with Gasteiger partial charge in [0.2, 0.25) is 0 Å². The van der Waals surface area contributed by atoms with Crippen molar-refractivity contribution in [3.63, 3.8) is 0 Å². The Morgan fingerprint density at radius 3 is 2.44 bits per heavy atom. The predicted molar refractivity (Wildman–Crippen MR) is 93.5 cm³/mol. The lowest BCUT2D eigenvalue weighted by Gasteiger charge is -2.32. The Morgan fingerprint density at radius 1 is 1.12 bits per heavy atom. The zero-order valence-corrected chi connectivity index (χ0v) is 14.5. The van der Waals surface area contributed by atoms with Crippen LogP contribution in [0.25, 0.3) is 0 Å². The molecule has 1 unspecified atom stereocenters. The van der Waals surface area contributed by atoms with E-state index in [1.54, 1.807) is 24.3 Å². The van der Waals surface area contributed by atoms with Crippen LogP contribution in [-0.2, 0) is 0 Å². The molecule has 25 heavy (non-hydrogen) atoms. The minimum absolute atomic E-state index is 0. The molecule has 7 heteroatoms. The second-order valence-corrected chi connectivity index (χ2v) is 5.81. The molecule has 0 aliphatic carbocycles. The van der Waals surface area contributed by atoms with Crippen molar-refractivity contribution in [3.8, 4) is 11.5 Å². The van der Waals surface area contributed by atoms with Gasteiger partial charge < -0.3 is 15.0 Å². The maximum absolute atomic E-state index is 13.2. The number of ether oxygens (including phenoxy) is 1. The minimum Gasteiger partial charge on any atom is -0.457 e. The quantitative estimate of drug-likeness (QED) is 0.899. The molecular formula is C18H19ClF2N2O2. The third kappa shape index (κ3) is 4.67. The lowest BCUT2D eigenvalue weighted by atomic mass is 10.1. The van der Waals surface area contributed by atoms with Gasteiger partial charge in [0.25, 0.3) is 5.91 Å². The molecule has 1 saturated heterocycles. The van der Waals surface area contributed by atoms with Crippen molar-refractivity contribution in [1.29, 1.82) is 0 Å². The number of hydrogen-bond donors (Lipinski definition) is 1. The van der Waals surface area contributed by atoms with E-state index in [0.29, 0.717) is 24.4 Å². The molecule has 0 saturated carbocycles. The molecule has 0 spiro atoms. The van der Waals surface area contributed by atoms with Crippen LogP contribution in [-0.4, -0.2) is 36.5 Å². The molecule has 0 bridgehead atoms. The lowest BCUT2D eigenvalue weighted by Crippen LogP contribution is -2.51. The van der Waals surface area contributed by atoms with E-state index in [1.165, 1.54) is 6.07 Å². The Balaban J connectivity index is 0.00000225. The van der Waals surface area contributed by atoms with Crippen LogP contribution in [0.1, 0.15) is 17.3 Å². The van der Waals surface area contributed by atoms with E-state index in [9.17, 15) is 13.6 Å². The normalized spacial score (nSPS) is 16.9. The Labute approximate surface area is 151 Å². The molecule has 1 fully saturated rings. The second kappa shape index (κ2) is 8.27. The number of halogens is 3. The van der Waals surface area contributed by atoms with Crippen molar-refractivity contribution >= 4 is 18.3 Å².